The van der Waals surface area contributed by atoms with Crippen molar-refractivity contribution in [2.45, 2.75) is 63.3 Å². The van der Waals surface area contributed by atoms with Crippen LogP contribution < -0.4 is 16.4 Å². The van der Waals surface area contributed by atoms with Crippen LogP contribution in [0.4, 0.5) is 0 Å². The van der Waals surface area contributed by atoms with E-state index >= 15 is 0 Å². The van der Waals surface area contributed by atoms with Crippen molar-refractivity contribution in [1.29, 1.82) is 0 Å². The molecule has 4 N–H and O–H groups in total. The molecule has 2 aliphatic heterocycles. The predicted molar refractivity (Wildman–Crippen MR) is 102 cm³/mol. The molecule has 1 aromatic rings. The van der Waals surface area contributed by atoms with Crippen LogP contribution in [-0.4, -0.2) is 40.7 Å². The molecule has 0 spiro atoms. The summed E-state index contributed by atoms with van der Waals surface area (Å²) >= 11 is 0. The molecule has 3 fully saturated rings. The summed E-state index contributed by atoms with van der Waals surface area (Å²) in [4.78, 5) is 38.1. The number of benzene rings is 1. The summed E-state index contributed by atoms with van der Waals surface area (Å²) in [6, 6.07) is 6.10. The molecule has 1 saturated heterocycles. The van der Waals surface area contributed by atoms with Gasteiger partial charge in [0.05, 0.1) is 0 Å². The van der Waals surface area contributed by atoms with E-state index in [1.807, 2.05) is 12.1 Å². The first-order valence-electron chi connectivity index (χ1n) is 10.3. The van der Waals surface area contributed by atoms with E-state index in [9.17, 15) is 14.4 Å². The van der Waals surface area contributed by atoms with Gasteiger partial charge in [0.15, 0.2) is 0 Å². The molecule has 5 atom stereocenters. The molecule has 3 amide bonds. The van der Waals surface area contributed by atoms with Gasteiger partial charge in [-0.15, -0.1) is 0 Å². The van der Waals surface area contributed by atoms with E-state index in [-0.39, 0.29) is 24.1 Å². The highest BCUT2D eigenvalue weighted by atomic mass is 16.2. The quantitative estimate of drug-likeness (QED) is 0.664. The molecule has 7 heteroatoms. The normalized spacial score (nSPS) is 34.1. The number of carbonyl (C=O) groups excluding carboxylic acids is 3. The van der Waals surface area contributed by atoms with E-state index in [1.165, 1.54) is 6.42 Å². The van der Waals surface area contributed by atoms with E-state index in [2.05, 4.69) is 16.7 Å². The molecule has 2 aliphatic carbocycles. The SMILES string of the molecule is N[C@@H]1C[C@@H]2C[C@@H](NCc3cccc4c3CN(C3CCC(=O)NC3=O)C4=O)C[C@@H]21. The molecule has 28 heavy (non-hydrogen) atoms. The van der Waals surface area contributed by atoms with Gasteiger partial charge in [0.25, 0.3) is 5.91 Å². The van der Waals surface area contributed by atoms with Crippen molar-refractivity contribution in [1.82, 2.24) is 15.5 Å². The number of carbonyl (C=O) groups is 3. The third-order valence-electron chi connectivity index (χ3n) is 7.13. The first kappa shape index (κ1) is 17.8. The number of nitrogens with one attached hydrogen (secondary N) is 2. The summed E-state index contributed by atoms with van der Waals surface area (Å²) in [6.45, 7) is 1.15. The highest BCUT2D eigenvalue weighted by Gasteiger charge is 2.45. The van der Waals surface area contributed by atoms with Crippen LogP contribution in [0.2, 0.25) is 0 Å². The van der Waals surface area contributed by atoms with E-state index in [0.29, 0.717) is 36.5 Å². The number of nitrogens with zero attached hydrogens (tertiary/aromatic N) is 1. The lowest BCUT2D eigenvalue weighted by Gasteiger charge is -2.37. The van der Waals surface area contributed by atoms with E-state index in [1.54, 1.807) is 4.90 Å². The average molecular weight is 382 g/mol. The first-order valence-corrected chi connectivity index (χ1v) is 10.3. The molecular weight excluding hydrogens is 356 g/mol. The second-order valence-corrected chi connectivity index (χ2v) is 8.72. The molecule has 148 valence electrons. The highest BCUT2D eigenvalue weighted by Crippen LogP contribution is 2.46. The summed E-state index contributed by atoms with van der Waals surface area (Å²) in [6.07, 6.45) is 4.15. The van der Waals surface area contributed by atoms with Crippen LogP contribution in [0.1, 0.15) is 53.6 Å². The Morgan fingerprint density at radius 2 is 2.04 bits per heavy atom. The van der Waals surface area contributed by atoms with Crippen LogP contribution in [0.3, 0.4) is 0 Å². The second-order valence-electron chi connectivity index (χ2n) is 8.72. The zero-order valence-electron chi connectivity index (χ0n) is 15.8. The van der Waals surface area contributed by atoms with Crippen molar-refractivity contribution in [3.05, 3.63) is 34.9 Å². The molecule has 5 rings (SSSR count). The summed E-state index contributed by atoms with van der Waals surface area (Å²) < 4.78 is 0. The molecule has 2 heterocycles. The third-order valence-corrected chi connectivity index (χ3v) is 7.13. The van der Waals surface area contributed by atoms with Crippen molar-refractivity contribution in [3.8, 4) is 0 Å². The number of rotatable bonds is 4. The van der Waals surface area contributed by atoms with Crippen molar-refractivity contribution in [3.63, 3.8) is 0 Å². The van der Waals surface area contributed by atoms with E-state index < -0.39 is 6.04 Å². The van der Waals surface area contributed by atoms with E-state index in [0.717, 1.165) is 36.4 Å². The van der Waals surface area contributed by atoms with Crippen LogP contribution >= 0.6 is 0 Å². The maximum Gasteiger partial charge on any atom is 0.255 e. The molecule has 2 saturated carbocycles. The smallest absolute Gasteiger partial charge is 0.255 e. The van der Waals surface area contributed by atoms with Crippen LogP contribution in [-0.2, 0) is 22.7 Å². The van der Waals surface area contributed by atoms with Gasteiger partial charge in [0.1, 0.15) is 6.04 Å². The van der Waals surface area contributed by atoms with Crippen molar-refractivity contribution in [2.75, 3.05) is 0 Å². The Kier molecular flexibility index (Phi) is 4.25. The number of fused-ring (bicyclic) bond motifs is 2. The minimum absolute atomic E-state index is 0.115. The Labute approximate surface area is 164 Å². The Balaban J connectivity index is 1.28. The van der Waals surface area contributed by atoms with Gasteiger partial charge in [-0.3, -0.25) is 19.7 Å². The third kappa shape index (κ3) is 2.84. The Morgan fingerprint density at radius 1 is 1.18 bits per heavy atom. The summed E-state index contributed by atoms with van der Waals surface area (Å²) in [7, 11) is 0. The van der Waals surface area contributed by atoms with Crippen molar-refractivity contribution in [2.24, 2.45) is 17.6 Å². The first-order chi connectivity index (χ1) is 13.5. The van der Waals surface area contributed by atoms with Crippen molar-refractivity contribution < 1.29 is 14.4 Å². The molecule has 0 aromatic heterocycles. The fraction of sp³-hybridized carbons (Fsp3) is 0.571. The van der Waals surface area contributed by atoms with Gasteiger partial charge in [-0.2, -0.15) is 0 Å². The number of amides is 3. The fourth-order valence-corrected chi connectivity index (χ4v) is 5.52. The lowest BCUT2D eigenvalue weighted by molar-refractivity contribution is -0.136. The van der Waals surface area contributed by atoms with Crippen molar-refractivity contribution >= 4 is 17.7 Å². The van der Waals surface area contributed by atoms with Gasteiger partial charge in [-0.1, -0.05) is 12.1 Å². The average Bonchev–Trinajstić information content (AvgIpc) is 3.18. The molecule has 4 aliphatic rings. The summed E-state index contributed by atoms with van der Waals surface area (Å²) in [5, 5.41) is 6.02. The summed E-state index contributed by atoms with van der Waals surface area (Å²) in [5.74, 6) is 0.703. The Morgan fingerprint density at radius 3 is 2.79 bits per heavy atom. The standard InChI is InChI=1S/C21H26N4O3/c22-17-7-12-6-13(8-15(12)17)23-9-11-2-1-3-14-16(11)10-25(21(14)28)18-4-5-19(26)24-20(18)27/h1-3,12-13,15,17-18,23H,4-10,22H2,(H,24,26,27)/t12-,13+,15-,17+,18?/m0/s1. The molecule has 1 unspecified atom stereocenters. The molecule has 0 radical (unpaired) electrons. The fourth-order valence-electron chi connectivity index (χ4n) is 5.52. The number of piperidine rings is 1. The van der Waals surface area contributed by atoms with Crippen LogP contribution in [0.15, 0.2) is 18.2 Å². The molecule has 7 nitrogen and oxygen atoms in total. The number of hydrogen-bond acceptors (Lipinski definition) is 5. The van der Waals surface area contributed by atoms with Gasteiger partial charge in [-0.05, 0) is 54.7 Å². The van der Waals surface area contributed by atoms with Crippen LogP contribution in [0.25, 0.3) is 0 Å². The summed E-state index contributed by atoms with van der Waals surface area (Å²) in [5.41, 5.74) is 8.90. The maximum absolute atomic E-state index is 12.9. The minimum atomic E-state index is -0.564. The topological polar surface area (TPSA) is 105 Å². The number of imide groups is 1. The molecule has 0 bridgehead atoms. The lowest BCUT2D eigenvalue weighted by Crippen LogP contribution is -2.52. The number of nitrogens with two attached hydrogens (primary N) is 1. The van der Waals surface area contributed by atoms with Crippen LogP contribution in [0, 0.1) is 11.8 Å². The molecular formula is C21H26N4O3. The zero-order chi connectivity index (χ0) is 19.4. The molecule has 1 aromatic carbocycles. The van der Waals surface area contributed by atoms with Gasteiger partial charge in [-0.25, -0.2) is 0 Å². The maximum atomic E-state index is 12.9. The number of hydrogen-bond donors (Lipinski definition) is 3. The van der Waals surface area contributed by atoms with Gasteiger partial charge in [0, 0.05) is 37.2 Å². The lowest BCUT2D eigenvalue weighted by atomic mass is 9.72. The Hall–Kier alpha value is -2.25. The van der Waals surface area contributed by atoms with Crippen LogP contribution in [0.5, 0.6) is 0 Å². The van der Waals surface area contributed by atoms with Gasteiger partial charge >= 0.3 is 0 Å². The second kappa shape index (κ2) is 6.67. The van der Waals surface area contributed by atoms with Gasteiger partial charge < -0.3 is 16.0 Å². The minimum Gasteiger partial charge on any atom is -0.327 e. The highest BCUT2D eigenvalue weighted by molar-refractivity contribution is 6.05. The monoisotopic (exact) mass is 382 g/mol. The zero-order valence-corrected chi connectivity index (χ0v) is 15.8. The predicted octanol–water partition coefficient (Wildman–Crippen LogP) is 0.663. The largest absolute Gasteiger partial charge is 0.327 e. The Bertz CT molecular complexity index is 854. The van der Waals surface area contributed by atoms with E-state index in [4.69, 9.17) is 5.73 Å². The van der Waals surface area contributed by atoms with Gasteiger partial charge in [0.2, 0.25) is 11.8 Å².